The Morgan fingerprint density at radius 3 is 2.04 bits per heavy atom. The van der Waals surface area contributed by atoms with Gasteiger partial charge in [-0.3, -0.25) is 20.2 Å². The Morgan fingerprint density at radius 2 is 1.50 bits per heavy atom. The molecule has 0 saturated carbocycles. The number of nitro groups is 2. The van der Waals surface area contributed by atoms with Gasteiger partial charge in [-0.05, 0) is 24.3 Å². The first-order valence-electron chi connectivity index (χ1n) is 7.00. The van der Waals surface area contributed by atoms with Gasteiger partial charge in [0.25, 0.3) is 5.69 Å². The van der Waals surface area contributed by atoms with Gasteiger partial charge in [0.15, 0.2) is 0 Å². The summed E-state index contributed by atoms with van der Waals surface area (Å²) in [5.74, 6) is -0.447. The van der Waals surface area contributed by atoms with Crippen LogP contribution in [-0.4, -0.2) is 19.8 Å². The summed E-state index contributed by atoms with van der Waals surface area (Å²) in [4.78, 5) is 27.2. The van der Waals surface area contributed by atoms with Gasteiger partial charge in [0.05, 0.1) is 9.85 Å². The van der Waals surface area contributed by atoms with Crippen LogP contribution < -0.4 is 0 Å². The zero-order chi connectivity index (χ0) is 19.1. The summed E-state index contributed by atoms with van der Waals surface area (Å²) in [6.07, 6.45) is 2.84. The van der Waals surface area contributed by atoms with Crippen LogP contribution in [0.4, 0.5) is 15.8 Å². The van der Waals surface area contributed by atoms with E-state index in [2.05, 4.69) is 9.97 Å². The SMILES string of the molecule is O=[N+]([O-])c1cccnc1-c1cccc(F)c1.O=[N+]([O-])c1cccnc1Cl. The molecule has 132 valence electrons. The Hall–Kier alpha value is -3.46. The number of hydrogen-bond donors (Lipinski definition) is 0. The Balaban J connectivity index is 0.000000209. The fourth-order valence-electron chi connectivity index (χ4n) is 1.92. The molecular formula is C16H10ClFN4O4. The van der Waals surface area contributed by atoms with Crippen molar-refractivity contribution in [3.8, 4) is 11.3 Å². The highest BCUT2D eigenvalue weighted by Crippen LogP contribution is 2.27. The van der Waals surface area contributed by atoms with Crippen LogP contribution in [0.3, 0.4) is 0 Å². The fraction of sp³-hybridized carbons (Fsp3) is 0. The summed E-state index contributed by atoms with van der Waals surface area (Å²) < 4.78 is 13.0. The average Bonchev–Trinajstić information content (AvgIpc) is 2.62. The molecule has 0 atom stereocenters. The van der Waals surface area contributed by atoms with Crippen LogP contribution in [0.25, 0.3) is 11.3 Å². The predicted molar refractivity (Wildman–Crippen MR) is 92.2 cm³/mol. The van der Waals surface area contributed by atoms with Gasteiger partial charge in [0.1, 0.15) is 11.5 Å². The third-order valence-corrected chi connectivity index (χ3v) is 3.31. The van der Waals surface area contributed by atoms with Crippen LogP contribution in [0.15, 0.2) is 60.9 Å². The predicted octanol–water partition coefficient (Wildman–Crippen LogP) is 4.44. The van der Waals surface area contributed by atoms with E-state index in [-0.39, 0.29) is 22.2 Å². The number of halogens is 2. The highest BCUT2D eigenvalue weighted by Gasteiger charge is 2.15. The molecule has 0 aliphatic rings. The van der Waals surface area contributed by atoms with Crippen LogP contribution >= 0.6 is 11.6 Å². The van der Waals surface area contributed by atoms with Gasteiger partial charge in [0, 0.05) is 30.1 Å². The van der Waals surface area contributed by atoms with Crippen molar-refractivity contribution >= 4 is 23.0 Å². The number of pyridine rings is 2. The number of hydrogen-bond acceptors (Lipinski definition) is 6. The minimum Gasteiger partial charge on any atom is -0.258 e. The molecule has 0 bridgehead atoms. The second-order valence-corrected chi connectivity index (χ2v) is 5.07. The maximum atomic E-state index is 13.0. The van der Waals surface area contributed by atoms with E-state index in [1.165, 1.54) is 54.9 Å². The van der Waals surface area contributed by atoms with Crippen molar-refractivity contribution in [3.05, 3.63) is 92.1 Å². The van der Waals surface area contributed by atoms with Gasteiger partial charge >= 0.3 is 5.69 Å². The highest BCUT2D eigenvalue weighted by atomic mass is 35.5. The monoisotopic (exact) mass is 376 g/mol. The van der Waals surface area contributed by atoms with Gasteiger partial charge in [-0.1, -0.05) is 23.7 Å². The molecule has 0 spiro atoms. The maximum absolute atomic E-state index is 13.0. The fourth-order valence-corrected chi connectivity index (χ4v) is 2.10. The second-order valence-electron chi connectivity index (χ2n) is 4.71. The minimum absolute atomic E-state index is 0.0764. The van der Waals surface area contributed by atoms with Gasteiger partial charge in [-0.15, -0.1) is 0 Å². The first-order valence-corrected chi connectivity index (χ1v) is 7.38. The molecule has 0 N–H and O–H groups in total. The van der Waals surface area contributed by atoms with Crippen molar-refractivity contribution in [1.29, 1.82) is 0 Å². The molecule has 1 aromatic carbocycles. The molecule has 0 aliphatic carbocycles. The summed E-state index contributed by atoms with van der Waals surface area (Å²) >= 11 is 5.37. The molecule has 26 heavy (non-hydrogen) atoms. The highest BCUT2D eigenvalue weighted by molar-refractivity contribution is 6.31. The lowest BCUT2D eigenvalue weighted by molar-refractivity contribution is -0.385. The summed E-state index contributed by atoms with van der Waals surface area (Å²) in [5.41, 5.74) is 0.275. The quantitative estimate of drug-likeness (QED) is 0.379. The van der Waals surface area contributed by atoms with E-state index in [9.17, 15) is 24.6 Å². The van der Waals surface area contributed by atoms with E-state index in [0.717, 1.165) is 0 Å². The van der Waals surface area contributed by atoms with E-state index in [1.807, 2.05) is 0 Å². The number of rotatable bonds is 3. The Morgan fingerprint density at radius 1 is 0.885 bits per heavy atom. The van der Waals surface area contributed by atoms with E-state index >= 15 is 0 Å². The summed E-state index contributed by atoms with van der Waals surface area (Å²) in [6, 6.07) is 11.1. The molecule has 0 amide bonds. The smallest absolute Gasteiger partial charge is 0.258 e. The minimum atomic E-state index is -0.574. The summed E-state index contributed by atoms with van der Waals surface area (Å²) in [7, 11) is 0. The molecule has 0 aliphatic heterocycles. The molecule has 0 radical (unpaired) electrons. The lowest BCUT2D eigenvalue weighted by Crippen LogP contribution is -1.94. The topological polar surface area (TPSA) is 112 Å². The lowest BCUT2D eigenvalue weighted by Gasteiger charge is -2.01. The van der Waals surface area contributed by atoms with Crippen LogP contribution in [0, 0.1) is 26.0 Å². The van der Waals surface area contributed by atoms with Crippen molar-refractivity contribution in [2.75, 3.05) is 0 Å². The van der Waals surface area contributed by atoms with Gasteiger partial charge < -0.3 is 0 Å². The summed E-state index contributed by atoms with van der Waals surface area (Å²) in [6.45, 7) is 0. The second kappa shape index (κ2) is 8.58. The van der Waals surface area contributed by atoms with E-state index in [4.69, 9.17) is 11.6 Å². The van der Waals surface area contributed by atoms with Crippen LogP contribution in [-0.2, 0) is 0 Å². The van der Waals surface area contributed by atoms with Crippen LogP contribution in [0.5, 0.6) is 0 Å². The Labute approximate surface area is 151 Å². The summed E-state index contributed by atoms with van der Waals surface area (Å²) in [5, 5.41) is 20.8. The Bertz CT molecular complexity index is 955. The Kier molecular flexibility index (Phi) is 6.23. The lowest BCUT2D eigenvalue weighted by atomic mass is 10.1. The third-order valence-electron chi connectivity index (χ3n) is 3.02. The van der Waals surface area contributed by atoms with Gasteiger partial charge in [0.2, 0.25) is 5.15 Å². The van der Waals surface area contributed by atoms with E-state index in [0.29, 0.717) is 5.56 Å². The largest absolute Gasteiger partial charge is 0.306 e. The first kappa shape index (κ1) is 18.9. The average molecular weight is 377 g/mol. The molecule has 0 unspecified atom stereocenters. The maximum Gasteiger partial charge on any atom is 0.306 e. The molecule has 3 aromatic rings. The normalized spacial score (nSPS) is 9.77. The number of aromatic nitrogens is 2. The van der Waals surface area contributed by atoms with Crippen LogP contribution in [0.1, 0.15) is 0 Å². The number of benzene rings is 1. The van der Waals surface area contributed by atoms with Gasteiger partial charge in [-0.2, -0.15) is 0 Å². The van der Waals surface area contributed by atoms with E-state index in [1.54, 1.807) is 6.07 Å². The van der Waals surface area contributed by atoms with Crippen molar-refractivity contribution in [3.63, 3.8) is 0 Å². The first-order chi connectivity index (χ1) is 12.4. The standard InChI is InChI=1S/C11H7FN2O2.C5H3ClN2O2/c12-9-4-1-3-8(7-9)11-10(14(15)16)5-2-6-13-11;6-5-4(8(9)10)2-1-3-7-5/h1-7H;1-3H. The molecule has 2 aromatic heterocycles. The van der Waals surface area contributed by atoms with Crippen LogP contribution in [0.2, 0.25) is 5.15 Å². The number of nitrogens with zero attached hydrogens (tertiary/aromatic N) is 4. The van der Waals surface area contributed by atoms with Crippen molar-refractivity contribution in [2.45, 2.75) is 0 Å². The molecular weight excluding hydrogens is 367 g/mol. The molecule has 0 fully saturated rings. The molecule has 2 heterocycles. The molecule has 10 heteroatoms. The van der Waals surface area contributed by atoms with E-state index < -0.39 is 15.7 Å². The zero-order valence-electron chi connectivity index (χ0n) is 13.0. The molecule has 8 nitrogen and oxygen atoms in total. The van der Waals surface area contributed by atoms with Crippen molar-refractivity contribution in [1.82, 2.24) is 9.97 Å². The van der Waals surface area contributed by atoms with Crippen molar-refractivity contribution < 1.29 is 14.2 Å². The third kappa shape index (κ3) is 4.77. The zero-order valence-corrected chi connectivity index (χ0v) is 13.7. The van der Waals surface area contributed by atoms with Crippen molar-refractivity contribution in [2.24, 2.45) is 0 Å². The molecule has 0 saturated heterocycles. The van der Waals surface area contributed by atoms with Gasteiger partial charge in [-0.25, -0.2) is 14.4 Å². The molecule has 3 rings (SSSR count).